The number of halogens is 3. The summed E-state index contributed by atoms with van der Waals surface area (Å²) >= 11 is 0. The van der Waals surface area contributed by atoms with Crippen molar-refractivity contribution in [3.05, 3.63) is 53.6 Å². The van der Waals surface area contributed by atoms with Gasteiger partial charge >= 0.3 is 12.1 Å². The number of fused-ring (bicyclic) bond motifs is 1. The predicted molar refractivity (Wildman–Crippen MR) is 112 cm³/mol. The van der Waals surface area contributed by atoms with Crippen molar-refractivity contribution in [3.8, 4) is 11.5 Å². The van der Waals surface area contributed by atoms with E-state index < -0.39 is 41.5 Å². The number of carbonyl (C=O) groups is 3. The molecule has 4 rings (SSSR count). The van der Waals surface area contributed by atoms with Crippen LogP contribution in [0.15, 0.2) is 42.5 Å². The first kappa shape index (κ1) is 23.4. The number of alkyl halides is 3. The van der Waals surface area contributed by atoms with Crippen molar-refractivity contribution in [2.75, 3.05) is 18.2 Å². The van der Waals surface area contributed by atoms with Crippen molar-refractivity contribution in [3.63, 3.8) is 0 Å². The van der Waals surface area contributed by atoms with Crippen LogP contribution < -0.4 is 19.7 Å². The molecule has 0 aromatic heterocycles. The zero-order valence-corrected chi connectivity index (χ0v) is 18.1. The highest BCUT2D eigenvalue weighted by Crippen LogP contribution is 2.34. The van der Waals surface area contributed by atoms with Gasteiger partial charge in [0, 0.05) is 25.2 Å². The molecule has 0 aliphatic carbocycles. The van der Waals surface area contributed by atoms with Gasteiger partial charge in [-0.2, -0.15) is 13.2 Å². The van der Waals surface area contributed by atoms with Gasteiger partial charge in [-0.3, -0.25) is 14.4 Å². The molecule has 34 heavy (non-hydrogen) atoms. The minimum Gasteiger partial charge on any atom is -0.454 e. The van der Waals surface area contributed by atoms with Crippen molar-refractivity contribution < 1.29 is 41.8 Å². The van der Waals surface area contributed by atoms with Crippen molar-refractivity contribution in [1.82, 2.24) is 5.32 Å². The molecule has 2 aliphatic rings. The number of amides is 2. The van der Waals surface area contributed by atoms with Crippen LogP contribution in [-0.2, 0) is 31.8 Å². The molecule has 0 unspecified atom stereocenters. The van der Waals surface area contributed by atoms with Gasteiger partial charge in [-0.15, -0.1) is 0 Å². The standard InChI is InChI=1S/C23H21F3N2O6/c1-13(21(30)27-10-14-5-6-18-19(7-14)33-12-32-18)34-22(31)15-8-20(29)28(11-15)17-4-2-3-16(9-17)23(24,25)26/h2-7,9,13,15H,8,10-12H2,1H3,(H,27,30)/t13-,15+/m0/s1. The molecule has 11 heteroatoms. The molecular formula is C23H21F3N2O6. The molecular weight excluding hydrogens is 457 g/mol. The minimum absolute atomic E-state index is 0.0460. The third-order valence-electron chi connectivity index (χ3n) is 5.51. The first-order valence-corrected chi connectivity index (χ1v) is 10.5. The number of esters is 1. The fraction of sp³-hybridized carbons (Fsp3) is 0.348. The molecule has 2 atom stereocenters. The number of ether oxygens (including phenoxy) is 3. The van der Waals surface area contributed by atoms with Gasteiger partial charge in [0.2, 0.25) is 12.7 Å². The Morgan fingerprint density at radius 2 is 1.94 bits per heavy atom. The summed E-state index contributed by atoms with van der Waals surface area (Å²) in [6.07, 6.45) is -5.90. The van der Waals surface area contributed by atoms with Gasteiger partial charge < -0.3 is 24.4 Å². The van der Waals surface area contributed by atoms with Gasteiger partial charge in [0.25, 0.3) is 5.91 Å². The summed E-state index contributed by atoms with van der Waals surface area (Å²) in [5.41, 5.74) is -0.0875. The fourth-order valence-corrected chi connectivity index (χ4v) is 3.67. The summed E-state index contributed by atoms with van der Waals surface area (Å²) in [4.78, 5) is 38.3. The van der Waals surface area contributed by atoms with Gasteiger partial charge in [-0.1, -0.05) is 12.1 Å². The summed E-state index contributed by atoms with van der Waals surface area (Å²) in [5.74, 6) is -1.52. The number of rotatable bonds is 6. The molecule has 0 spiro atoms. The maximum absolute atomic E-state index is 13.0. The molecule has 1 N–H and O–H groups in total. The Balaban J connectivity index is 1.31. The molecule has 0 saturated carbocycles. The molecule has 8 nitrogen and oxygen atoms in total. The Bertz CT molecular complexity index is 1120. The number of nitrogens with one attached hydrogen (secondary N) is 1. The molecule has 2 aliphatic heterocycles. The Morgan fingerprint density at radius 3 is 2.71 bits per heavy atom. The SMILES string of the molecule is C[C@H](OC(=O)[C@@H]1CC(=O)N(c2cccc(C(F)(F)F)c2)C1)C(=O)NCc1ccc2c(c1)OCO2. The van der Waals surface area contributed by atoms with Crippen molar-refractivity contribution >= 4 is 23.5 Å². The smallest absolute Gasteiger partial charge is 0.416 e. The van der Waals surface area contributed by atoms with Crippen LogP contribution in [0.4, 0.5) is 18.9 Å². The number of nitrogens with zero attached hydrogens (tertiary/aromatic N) is 1. The molecule has 1 saturated heterocycles. The van der Waals surface area contributed by atoms with Crippen LogP contribution in [0.2, 0.25) is 0 Å². The van der Waals surface area contributed by atoms with Gasteiger partial charge in [0.1, 0.15) is 0 Å². The number of hydrogen-bond acceptors (Lipinski definition) is 6. The maximum atomic E-state index is 13.0. The molecule has 2 amide bonds. The molecule has 0 radical (unpaired) electrons. The second kappa shape index (κ2) is 9.24. The van der Waals surface area contributed by atoms with Crippen LogP contribution in [0, 0.1) is 5.92 Å². The number of carbonyl (C=O) groups excluding carboxylic acids is 3. The molecule has 180 valence electrons. The Kier molecular flexibility index (Phi) is 6.36. The highest BCUT2D eigenvalue weighted by atomic mass is 19.4. The summed E-state index contributed by atoms with van der Waals surface area (Å²) in [6.45, 7) is 1.56. The summed E-state index contributed by atoms with van der Waals surface area (Å²) in [5, 5.41) is 2.65. The first-order valence-electron chi connectivity index (χ1n) is 10.5. The predicted octanol–water partition coefficient (Wildman–Crippen LogP) is 3.04. The van der Waals surface area contributed by atoms with Gasteiger partial charge in [0.05, 0.1) is 11.5 Å². The van der Waals surface area contributed by atoms with Gasteiger partial charge in [0.15, 0.2) is 17.6 Å². The minimum atomic E-state index is -4.56. The molecule has 0 bridgehead atoms. The maximum Gasteiger partial charge on any atom is 0.416 e. The van der Waals surface area contributed by atoms with E-state index >= 15 is 0 Å². The Labute approximate surface area is 192 Å². The van der Waals surface area contributed by atoms with Crippen LogP contribution in [0.3, 0.4) is 0 Å². The van der Waals surface area contributed by atoms with Crippen molar-refractivity contribution in [2.45, 2.75) is 32.2 Å². The second-order valence-electron chi connectivity index (χ2n) is 7.94. The van der Waals surface area contributed by atoms with E-state index in [0.717, 1.165) is 22.6 Å². The monoisotopic (exact) mass is 478 g/mol. The average Bonchev–Trinajstić information content (AvgIpc) is 3.43. The molecule has 1 fully saturated rings. The highest BCUT2D eigenvalue weighted by molar-refractivity contribution is 5.99. The molecule has 2 aromatic rings. The normalized spacial score (nSPS) is 18.1. The zero-order chi connectivity index (χ0) is 24.5. The lowest BCUT2D eigenvalue weighted by Crippen LogP contribution is -2.37. The number of benzene rings is 2. The van der Waals surface area contributed by atoms with E-state index in [9.17, 15) is 27.6 Å². The summed E-state index contributed by atoms with van der Waals surface area (Å²) < 4.78 is 54.7. The van der Waals surface area contributed by atoms with Crippen LogP contribution in [0.1, 0.15) is 24.5 Å². The first-order chi connectivity index (χ1) is 16.1. The van der Waals surface area contributed by atoms with E-state index in [-0.39, 0.29) is 32.0 Å². The lowest BCUT2D eigenvalue weighted by atomic mass is 10.1. The Hall–Kier alpha value is -3.76. The fourth-order valence-electron chi connectivity index (χ4n) is 3.67. The second-order valence-corrected chi connectivity index (χ2v) is 7.94. The number of hydrogen-bond donors (Lipinski definition) is 1. The topological polar surface area (TPSA) is 94.2 Å². The third-order valence-corrected chi connectivity index (χ3v) is 5.51. The van der Waals surface area contributed by atoms with Gasteiger partial charge in [-0.25, -0.2) is 0 Å². The van der Waals surface area contributed by atoms with E-state index in [1.165, 1.54) is 19.1 Å². The lowest BCUT2D eigenvalue weighted by Gasteiger charge is -2.19. The quantitative estimate of drug-likeness (QED) is 0.642. The number of anilines is 1. The highest BCUT2D eigenvalue weighted by Gasteiger charge is 2.38. The Morgan fingerprint density at radius 1 is 1.18 bits per heavy atom. The third kappa shape index (κ3) is 5.08. The average molecular weight is 478 g/mol. The van der Waals surface area contributed by atoms with Crippen LogP contribution in [0.5, 0.6) is 11.5 Å². The molecule has 2 aromatic carbocycles. The van der Waals surface area contributed by atoms with Crippen molar-refractivity contribution in [1.29, 1.82) is 0 Å². The lowest BCUT2D eigenvalue weighted by molar-refractivity contribution is -0.158. The van der Waals surface area contributed by atoms with Crippen LogP contribution >= 0.6 is 0 Å². The zero-order valence-electron chi connectivity index (χ0n) is 18.1. The summed E-state index contributed by atoms with van der Waals surface area (Å²) in [7, 11) is 0. The molecule has 2 heterocycles. The van der Waals surface area contributed by atoms with E-state index in [4.69, 9.17) is 14.2 Å². The van der Waals surface area contributed by atoms with Crippen molar-refractivity contribution in [2.24, 2.45) is 5.92 Å². The van der Waals surface area contributed by atoms with E-state index in [0.29, 0.717) is 11.5 Å². The summed E-state index contributed by atoms with van der Waals surface area (Å²) in [6, 6.07) is 9.54. The van der Waals surface area contributed by atoms with E-state index in [2.05, 4.69) is 5.32 Å². The van der Waals surface area contributed by atoms with E-state index in [1.54, 1.807) is 18.2 Å². The van der Waals surface area contributed by atoms with E-state index in [1.807, 2.05) is 0 Å². The largest absolute Gasteiger partial charge is 0.454 e. The van der Waals surface area contributed by atoms with Crippen LogP contribution in [0.25, 0.3) is 0 Å². The van der Waals surface area contributed by atoms with Crippen LogP contribution in [-0.4, -0.2) is 37.2 Å². The van der Waals surface area contributed by atoms with Gasteiger partial charge in [-0.05, 0) is 42.8 Å².